The van der Waals surface area contributed by atoms with Crippen molar-refractivity contribution in [1.29, 1.82) is 0 Å². The lowest BCUT2D eigenvalue weighted by molar-refractivity contribution is -0.121. The highest BCUT2D eigenvalue weighted by molar-refractivity contribution is 7.89. The number of rotatable bonds is 8. The summed E-state index contributed by atoms with van der Waals surface area (Å²) in [5, 5.41) is 7.07. The summed E-state index contributed by atoms with van der Waals surface area (Å²) in [7, 11) is -2.12. The number of anilines is 1. The molecular weight excluding hydrogens is 518 g/mol. The molecule has 2 aliphatic heterocycles. The first kappa shape index (κ1) is 27.3. The molecule has 3 heterocycles. The molecule has 0 unspecified atom stereocenters. The van der Waals surface area contributed by atoms with Crippen molar-refractivity contribution in [1.82, 2.24) is 19.3 Å². The highest BCUT2D eigenvalue weighted by Crippen LogP contribution is 2.31. The Morgan fingerprint density at radius 2 is 1.82 bits per heavy atom. The van der Waals surface area contributed by atoms with Gasteiger partial charge in [-0.2, -0.15) is 9.29 Å². The summed E-state index contributed by atoms with van der Waals surface area (Å²) in [5.41, 5.74) is 2.41. The minimum Gasteiger partial charge on any atom is -0.495 e. The number of benzene rings is 2. The van der Waals surface area contributed by atoms with Gasteiger partial charge in [0.2, 0.25) is 27.6 Å². The minimum absolute atomic E-state index is 0.139. The molecule has 39 heavy (non-hydrogen) atoms. The summed E-state index contributed by atoms with van der Waals surface area (Å²) in [5.74, 6) is 1.22. The topological polar surface area (TPSA) is 118 Å². The number of methoxy groups -OCH3 is 1. The minimum atomic E-state index is -3.63. The van der Waals surface area contributed by atoms with Gasteiger partial charge in [0.15, 0.2) is 0 Å². The van der Waals surface area contributed by atoms with E-state index in [9.17, 15) is 13.2 Å². The highest BCUT2D eigenvalue weighted by Gasteiger charge is 2.29. The van der Waals surface area contributed by atoms with Crippen molar-refractivity contribution in [3.8, 4) is 17.1 Å². The van der Waals surface area contributed by atoms with E-state index < -0.39 is 10.0 Å². The first-order chi connectivity index (χ1) is 18.8. The van der Waals surface area contributed by atoms with Crippen molar-refractivity contribution >= 4 is 21.6 Å². The third-order valence-corrected chi connectivity index (χ3v) is 9.45. The number of nitrogens with one attached hydrogen (secondary N) is 1. The van der Waals surface area contributed by atoms with Crippen LogP contribution in [-0.2, 0) is 21.4 Å². The van der Waals surface area contributed by atoms with Gasteiger partial charge in [-0.3, -0.25) is 9.69 Å². The van der Waals surface area contributed by atoms with Crippen molar-refractivity contribution in [3.05, 3.63) is 53.9 Å². The van der Waals surface area contributed by atoms with E-state index in [1.807, 2.05) is 31.2 Å². The predicted octanol–water partition coefficient (Wildman–Crippen LogP) is 4.08. The lowest BCUT2D eigenvalue weighted by Gasteiger charge is -2.30. The average molecular weight is 554 g/mol. The standard InChI is InChI=1S/C28H35N5O5S/c1-20-8-4-5-9-23(20)27-30-26(38-31-27)19-32-16-12-21(13-17-32)28(34)29-24-18-22(10-11-25(24)37-2)39(35,36)33-14-6-3-7-15-33/h4-5,8-11,18,21H,3,6-7,12-17,19H2,1-2H3,(H,29,34). The van der Waals surface area contributed by atoms with Crippen LogP contribution in [0.15, 0.2) is 51.9 Å². The number of amides is 1. The van der Waals surface area contributed by atoms with Crippen molar-refractivity contribution in [2.45, 2.75) is 50.5 Å². The highest BCUT2D eigenvalue weighted by atomic mass is 32.2. The lowest BCUT2D eigenvalue weighted by Crippen LogP contribution is -2.38. The molecule has 5 rings (SSSR count). The zero-order valence-electron chi connectivity index (χ0n) is 22.4. The van der Waals surface area contributed by atoms with Crippen LogP contribution in [0.5, 0.6) is 5.75 Å². The molecule has 2 fully saturated rings. The molecule has 2 aromatic carbocycles. The van der Waals surface area contributed by atoms with Crippen LogP contribution in [-0.4, -0.2) is 67.0 Å². The maximum absolute atomic E-state index is 13.2. The van der Waals surface area contributed by atoms with Crippen LogP contribution >= 0.6 is 0 Å². The third-order valence-electron chi connectivity index (χ3n) is 7.55. The second-order valence-corrected chi connectivity index (χ2v) is 12.1. The van der Waals surface area contributed by atoms with Gasteiger partial charge in [-0.1, -0.05) is 35.8 Å². The van der Waals surface area contributed by atoms with E-state index in [0.717, 1.165) is 30.4 Å². The summed E-state index contributed by atoms with van der Waals surface area (Å²) in [6.45, 7) is 5.00. The van der Waals surface area contributed by atoms with Gasteiger partial charge < -0.3 is 14.6 Å². The summed E-state index contributed by atoms with van der Waals surface area (Å²) in [4.78, 5) is 20.1. The molecule has 0 aliphatic carbocycles. The Labute approximate surface area is 229 Å². The summed E-state index contributed by atoms with van der Waals surface area (Å²) >= 11 is 0. The smallest absolute Gasteiger partial charge is 0.243 e. The maximum atomic E-state index is 13.2. The lowest BCUT2D eigenvalue weighted by atomic mass is 9.96. The van der Waals surface area contributed by atoms with Gasteiger partial charge in [0, 0.05) is 24.6 Å². The third kappa shape index (κ3) is 6.15. The number of likely N-dealkylation sites (tertiary alicyclic amines) is 1. The molecule has 0 bridgehead atoms. The fourth-order valence-electron chi connectivity index (χ4n) is 5.23. The molecule has 0 spiro atoms. The molecule has 0 saturated carbocycles. The van der Waals surface area contributed by atoms with Crippen LogP contribution in [0.1, 0.15) is 43.6 Å². The molecule has 0 atom stereocenters. The first-order valence-corrected chi connectivity index (χ1v) is 14.9. The van der Waals surface area contributed by atoms with Gasteiger partial charge in [0.1, 0.15) is 5.75 Å². The Kier molecular flexibility index (Phi) is 8.29. The Bertz CT molecular complexity index is 1410. The van der Waals surface area contributed by atoms with Gasteiger partial charge in [-0.25, -0.2) is 8.42 Å². The largest absolute Gasteiger partial charge is 0.495 e. The summed E-state index contributed by atoms with van der Waals surface area (Å²) in [6.07, 6.45) is 4.09. The quantitative estimate of drug-likeness (QED) is 0.443. The van der Waals surface area contributed by atoms with Gasteiger partial charge in [0.05, 0.1) is 24.2 Å². The summed E-state index contributed by atoms with van der Waals surface area (Å²) < 4.78 is 38.7. The predicted molar refractivity (Wildman–Crippen MR) is 147 cm³/mol. The first-order valence-electron chi connectivity index (χ1n) is 13.4. The molecule has 1 aromatic heterocycles. The molecule has 10 nitrogen and oxygen atoms in total. The van der Waals surface area contributed by atoms with Crippen LogP contribution in [0.4, 0.5) is 5.69 Å². The Morgan fingerprint density at radius 1 is 1.08 bits per heavy atom. The number of aromatic nitrogens is 2. The van der Waals surface area contributed by atoms with Gasteiger partial charge in [-0.05, 0) is 69.5 Å². The molecule has 2 saturated heterocycles. The van der Waals surface area contributed by atoms with E-state index in [2.05, 4.69) is 20.4 Å². The van der Waals surface area contributed by atoms with Crippen LogP contribution in [0.3, 0.4) is 0 Å². The zero-order chi connectivity index (χ0) is 27.4. The van der Waals surface area contributed by atoms with Crippen molar-refractivity contribution in [2.24, 2.45) is 5.92 Å². The number of hydrogen-bond donors (Lipinski definition) is 1. The number of nitrogens with zero attached hydrogens (tertiary/aromatic N) is 4. The molecule has 1 N–H and O–H groups in total. The van der Waals surface area contributed by atoms with Crippen molar-refractivity contribution < 1.29 is 22.5 Å². The van der Waals surface area contributed by atoms with E-state index in [1.165, 1.54) is 17.5 Å². The monoisotopic (exact) mass is 553 g/mol. The molecule has 2 aliphatic rings. The number of aryl methyl sites for hydroxylation is 1. The number of hydrogen-bond acceptors (Lipinski definition) is 8. The van der Waals surface area contributed by atoms with E-state index in [1.54, 1.807) is 12.1 Å². The molecule has 3 aromatic rings. The van der Waals surface area contributed by atoms with E-state index >= 15 is 0 Å². The van der Waals surface area contributed by atoms with E-state index in [0.29, 0.717) is 68.7 Å². The van der Waals surface area contributed by atoms with Crippen LogP contribution in [0.25, 0.3) is 11.4 Å². The second-order valence-electron chi connectivity index (χ2n) is 10.2. The second kappa shape index (κ2) is 11.8. The van der Waals surface area contributed by atoms with E-state index in [-0.39, 0.29) is 16.7 Å². The Morgan fingerprint density at radius 3 is 2.54 bits per heavy atom. The molecule has 208 valence electrons. The van der Waals surface area contributed by atoms with E-state index in [4.69, 9.17) is 9.26 Å². The number of carbonyl (C=O) groups excluding carboxylic acids is 1. The fraction of sp³-hybridized carbons (Fsp3) is 0.464. The van der Waals surface area contributed by atoms with Crippen LogP contribution < -0.4 is 10.1 Å². The van der Waals surface area contributed by atoms with Crippen molar-refractivity contribution in [2.75, 3.05) is 38.6 Å². The Hall–Kier alpha value is -3.28. The molecular formula is C28H35N5O5S. The molecule has 11 heteroatoms. The van der Waals surface area contributed by atoms with Gasteiger partial charge in [-0.15, -0.1) is 0 Å². The van der Waals surface area contributed by atoms with Crippen LogP contribution in [0.2, 0.25) is 0 Å². The van der Waals surface area contributed by atoms with Crippen LogP contribution in [0, 0.1) is 12.8 Å². The van der Waals surface area contributed by atoms with Gasteiger partial charge >= 0.3 is 0 Å². The Balaban J connectivity index is 1.19. The number of carbonyl (C=O) groups is 1. The maximum Gasteiger partial charge on any atom is 0.243 e. The summed E-state index contributed by atoms with van der Waals surface area (Å²) in [6, 6.07) is 12.6. The number of piperidine rings is 2. The number of sulfonamides is 1. The SMILES string of the molecule is COc1ccc(S(=O)(=O)N2CCCCC2)cc1NC(=O)C1CCN(Cc2nc(-c3ccccc3C)no2)CC1. The molecule has 1 amide bonds. The fourth-order valence-corrected chi connectivity index (χ4v) is 6.78. The number of ether oxygens (including phenoxy) is 1. The zero-order valence-corrected chi connectivity index (χ0v) is 23.2. The molecule has 0 radical (unpaired) electrons. The normalized spacial score (nSPS) is 17.7. The average Bonchev–Trinajstić information content (AvgIpc) is 3.42. The van der Waals surface area contributed by atoms with Crippen molar-refractivity contribution in [3.63, 3.8) is 0 Å². The van der Waals surface area contributed by atoms with Gasteiger partial charge in [0.25, 0.3) is 0 Å².